The fourth-order valence-corrected chi connectivity index (χ4v) is 3.95. The molecule has 1 aliphatic heterocycles. The molecule has 0 aromatic carbocycles. The fraction of sp³-hybridized carbons (Fsp3) is 0.941. The van der Waals surface area contributed by atoms with Crippen LogP contribution in [0.15, 0.2) is 0 Å². The first-order valence-corrected chi connectivity index (χ1v) is 8.72. The van der Waals surface area contributed by atoms with Crippen molar-refractivity contribution in [1.29, 1.82) is 5.26 Å². The molecule has 3 atom stereocenters. The molecule has 0 aromatic heterocycles. The molecule has 2 N–H and O–H groups in total. The molecule has 0 spiro atoms. The quantitative estimate of drug-likeness (QED) is 0.706. The zero-order chi connectivity index (χ0) is 15.1. The number of nitrogens with one attached hydrogen (secondary N) is 1. The number of nitriles is 1. The van der Waals surface area contributed by atoms with Crippen molar-refractivity contribution in [3.05, 3.63) is 0 Å². The van der Waals surface area contributed by atoms with E-state index in [4.69, 9.17) is 5.26 Å². The van der Waals surface area contributed by atoms with Crippen LogP contribution in [0.1, 0.15) is 51.9 Å². The molecule has 0 radical (unpaired) electrons. The number of piperidine rings is 1. The molecular weight excluding hydrogens is 262 g/mol. The summed E-state index contributed by atoms with van der Waals surface area (Å²) >= 11 is 0. The molecule has 1 aliphatic carbocycles. The molecule has 21 heavy (non-hydrogen) atoms. The number of aliphatic hydroxyl groups is 1. The molecule has 0 amide bonds. The van der Waals surface area contributed by atoms with Crippen molar-refractivity contribution in [2.45, 2.75) is 64.0 Å². The van der Waals surface area contributed by atoms with Gasteiger partial charge in [0.25, 0.3) is 0 Å². The standard InChI is InChI=1S/C17H31N3O/c1-2-17(21)10-15-9-16(13-20(12-15)8-7-18)19-11-14-5-3-4-6-14/h14-17,19,21H,2-6,8-13H2,1H3. The lowest BCUT2D eigenvalue weighted by Gasteiger charge is -2.38. The van der Waals surface area contributed by atoms with Crippen molar-refractivity contribution in [3.8, 4) is 6.07 Å². The predicted octanol–water partition coefficient (Wildman–Crippen LogP) is 2.14. The molecule has 0 bridgehead atoms. The summed E-state index contributed by atoms with van der Waals surface area (Å²) in [6.45, 7) is 5.63. The molecule has 2 fully saturated rings. The van der Waals surface area contributed by atoms with Gasteiger partial charge < -0.3 is 10.4 Å². The summed E-state index contributed by atoms with van der Waals surface area (Å²) < 4.78 is 0. The van der Waals surface area contributed by atoms with Gasteiger partial charge in [0.1, 0.15) is 0 Å². The van der Waals surface area contributed by atoms with Crippen molar-refractivity contribution >= 4 is 0 Å². The number of likely N-dealkylation sites (tertiary alicyclic amines) is 1. The molecule has 1 saturated heterocycles. The molecule has 2 aliphatic rings. The largest absolute Gasteiger partial charge is 0.393 e. The van der Waals surface area contributed by atoms with Crippen LogP contribution >= 0.6 is 0 Å². The maximum Gasteiger partial charge on any atom is 0.0866 e. The molecule has 1 heterocycles. The Balaban J connectivity index is 1.81. The average Bonchev–Trinajstić information content (AvgIpc) is 2.98. The van der Waals surface area contributed by atoms with Crippen LogP contribution in [0.25, 0.3) is 0 Å². The highest BCUT2D eigenvalue weighted by Crippen LogP contribution is 2.26. The van der Waals surface area contributed by atoms with Gasteiger partial charge >= 0.3 is 0 Å². The molecule has 4 nitrogen and oxygen atoms in total. The predicted molar refractivity (Wildman–Crippen MR) is 84.8 cm³/mol. The Bertz CT molecular complexity index is 335. The smallest absolute Gasteiger partial charge is 0.0866 e. The van der Waals surface area contributed by atoms with Gasteiger partial charge in [-0.25, -0.2) is 0 Å². The third-order valence-electron chi connectivity index (χ3n) is 5.15. The third-order valence-corrected chi connectivity index (χ3v) is 5.15. The van der Waals surface area contributed by atoms with E-state index in [0.717, 1.165) is 44.8 Å². The summed E-state index contributed by atoms with van der Waals surface area (Å²) in [5.41, 5.74) is 0. The summed E-state index contributed by atoms with van der Waals surface area (Å²) in [5, 5.41) is 22.6. The van der Waals surface area contributed by atoms with Gasteiger partial charge in [-0.1, -0.05) is 19.8 Å². The Kier molecular flexibility index (Phi) is 6.95. The van der Waals surface area contributed by atoms with Crippen LogP contribution in [0.2, 0.25) is 0 Å². The minimum Gasteiger partial charge on any atom is -0.393 e. The Morgan fingerprint density at radius 3 is 2.71 bits per heavy atom. The van der Waals surface area contributed by atoms with Crippen molar-refractivity contribution in [2.75, 3.05) is 26.2 Å². The van der Waals surface area contributed by atoms with Crippen LogP contribution in [-0.2, 0) is 0 Å². The van der Waals surface area contributed by atoms with Crippen LogP contribution in [0.3, 0.4) is 0 Å². The molecule has 120 valence electrons. The highest BCUT2D eigenvalue weighted by atomic mass is 16.3. The lowest BCUT2D eigenvalue weighted by Crippen LogP contribution is -2.50. The molecule has 2 rings (SSSR count). The van der Waals surface area contributed by atoms with E-state index in [1.54, 1.807) is 0 Å². The van der Waals surface area contributed by atoms with Crippen molar-refractivity contribution in [1.82, 2.24) is 10.2 Å². The van der Waals surface area contributed by atoms with Gasteiger partial charge in [-0.2, -0.15) is 5.26 Å². The van der Waals surface area contributed by atoms with E-state index in [1.807, 2.05) is 6.92 Å². The van der Waals surface area contributed by atoms with Crippen LogP contribution < -0.4 is 5.32 Å². The first-order valence-electron chi connectivity index (χ1n) is 8.72. The van der Waals surface area contributed by atoms with Crippen LogP contribution in [0, 0.1) is 23.2 Å². The minimum absolute atomic E-state index is 0.187. The highest BCUT2D eigenvalue weighted by molar-refractivity contribution is 4.89. The van der Waals surface area contributed by atoms with Crippen molar-refractivity contribution in [2.24, 2.45) is 11.8 Å². The van der Waals surface area contributed by atoms with Crippen LogP contribution in [-0.4, -0.2) is 48.3 Å². The highest BCUT2D eigenvalue weighted by Gasteiger charge is 2.28. The van der Waals surface area contributed by atoms with Gasteiger partial charge in [0.15, 0.2) is 0 Å². The molecule has 3 unspecified atom stereocenters. The second kappa shape index (κ2) is 8.73. The van der Waals surface area contributed by atoms with Crippen molar-refractivity contribution in [3.63, 3.8) is 0 Å². The van der Waals surface area contributed by atoms with E-state index in [-0.39, 0.29) is 6.10 Å². The lowest BCUT2D eigenvalue weighted by molar-refractivity contribution is 0.0887. The second-order valence-corrected chi connectivity index (χ2v) is 7.01. The average molecular weight is 293 g/mol. The van der Waals surface area contributed by atoms with E-state index >= 15 is 0 Å². The second-order valence-electron chi connectivity index (χ2n) is 7.01. The Morgan fingerprint density at radius 2 is 2.05 bits per heavy atom. The topological polar surface area (TPSA) is 59.3 Å². The normalized spacial score (nSPS) is 29.4. The minimum atomic E-state index is -0.187. The summed E-state index contributed by atoms with van der Waals surface area (Å²) in [6.07, 6.45) is 8.19. The van der Waals surface area contributed by atoms with E-state index in [0.29, 0.717) is 18.5 Å². The SMILES string of the molecule is CCC(O)CC1CC(NCC2CCCC2)CN(CC#N)C1. The zero-order valence-corrected chi connectivity index (χ0v) is 13.4. The van der Waals surface area contributed by atoms with Crippen molar-refractivity contribution < 1.29 is 5.11 Å². The van der Waals surface area contributed by atoms with Gasteiger partial charge in [-0.05, 0) is 50.5 Å². The van der Waals surface area contributed by atoms with E-state index in [9.17, 15) is 5.11 Å². The maximum atomic E-state index is 9.91. The maximum absolute atomic E-state index is 9.91. The summed E-state index contributed by atoms with van der Waals surface area (Å²) in [7, 11) is 0. The number of aliphatic hydroxyl groups excluding tert-OH is 1. The van der Waals surface area contributed by atoms with E-state index < -0.39 is 0 Å². The number of hydrogen-bond acceptors (Lipinski definition) is 4. The Labute approximate surface area is 129 Å². The van der Waals surface area contributed by atoms with Crippen LogP contribution in [0.4, 0.5) is 0 Å². The molecule has 1 saturated carbocycles. The van der Waals surface area contributed by atoms with Crippen LogP contribution in [0.5, 0.6) is 0 Å². The molecule has 4 heteroatoms. The first kappa shape index (κ1) is 16.7. The monoisotopic (exact) mass is 293 g/mol. The summed E-state index contributed by atoms with van der Waals surface area (Å²) in [4.78, 5) is 2.25. The summed E-state index contributed by atoms with van der Waals surface area (Å²) in [5.74, 6) is 1.37. The number of rotatable bonds is 7. The Hall–Kier alpha value is -0.630. The summed E-state index contributed by atoms with van der Waals surface area (Å²) in [6, 6.07) is 2.77. The lowest BCUT2D eigenvalue weighted by atomic mass is 9.88. The zero-order valence-electron chi connectivity index (χ0n) is 13.4. The van der Waals surface area contributed by atoms with E-state index in [1.165, 1.54) is 25.7 Å². The molecule has 0 aromatic rings. The Morgan fingerprint density at radius 1 is 1.29 bits per heavy atom. The molecular formula is C17H31N3O. The van der Waals surface area contributed by atoms with E-state index in [2.05, 4.69) is 16.3 Å². The number of hydrogen-bond donors (Lipinski definition) is 2. The van der Waals surface area contributed by atoms with Gasteiger partial charge in [0.2, 0.25) is 0 Å². The van der Waals surface area contributed by atoms with Gasteiger partial charge in [0, 0.05) is 19.1 Å². The fourth-order valence-electron chi connectivity index (χ4n) is 3.95. The third kappa shape index (κ3) is 5.58. The first-order chi connectivity index (χ1) is 10.2. The number of nitrogens with zero attached hydrogens (tertiary/aromatic N) is 2. The van der Waals surface area contributed by atoms with Gasteiger partial charge in [0.05, 0.1) is 18.7 Å². The van der Waals surface area contributed by atoms with Gasteiger partial charge in [-0.15, -0.1) is 0 Å². The van der Waals surface area contributed by atoms with Gasteiger partial charge in [-0.3, -0.25) is 4.90 Å².